The maximum absolute atomic E-state index is 5.64. The van der Waals surface area contributed by atoms with Crippen LogP contribution in [0.2, 0.25) is 0 Å². The zero-order valence-corrected chi connectivity index (χ0v) is 11.8. The van der Waals surface area contributed by atoms with Gasteiger partial charge in [0.25, 0.3) is 0 Å². The van der Waals surface area contributed by atoms with Gasteiger partial charge in [-0.3, -0.25) is 0 Å². The lowest BCUT2D eigenvalue weighted by Crippen LogP contribution is -1.97. The van der Waals surface area contributed by atoms with Crippen LogP contribution in [0.4, 0.5) is 5.13 Å². The van der Waals surface area contributed by atoms with Crippen molar-refractivity contribution in [3.05, 3.63) is 40.4 Å². The van der Waals surface area contributed by atoms with Gasteiger partial charge in [-0.2, -0.15) is 0 Å². The second kappa shape index (κ2) is 5.40. The number of nitrogens with two attached hydrogens (primary N) is 1. The van der Waals surface area contributed by atoms with Crippen molar-refractivity contribution in [2.24, 2.45) is 0 Å². The molecule has 0 atom stereocenters. The van der Waals surface area contributed by atoms with E-state index in [-0.39, 0.29) is 0 Å². The molecule has 0 saturated heterocycles. The van der Waals surface area contributed by atoms with Gasteiger partial charge in [-0.1, -0.05) is 26.0 Å². The van der Waals surface area contributed by atoms with Crippen molar-refractivity contribution < 1.29 is 4.74 Å². The molecule has 4 heteroatoms. The smallest absolute Gasteiger partial charge is 0.180 e. The van der Waals surface area contributed by atoms with Crippen LogP contribution < -0.4 is 10.5 Å². The van der Waals surface area contributed by atoms with Gasteiger partial charge >= 0.3 is 0 Å². The lowest BCUT2D eigenvalue weighted by Gasteiger charge is -2.13. The number of nitrogen functional groups attached to an aromatic ring is 1. The molecule has 2 rings (SSSR count). The van der Waals surface area contributed by atoms with Gasteiger partial charge in [-0.25, -0.2) is 4.98 Å². The summed E-state index contributed by atoms with van der Waals surface area (Å²) in [6.45, 7) is 4.34. The van der Waals surface area contributed by atoms with Crippen LogP contribution in [-0.4, -0.2) is 12.1 Å². The number of hydrogen-bond acceptors (Lipinski definition) is 4. The van der Waals surface area contributed by atoms with Crippen molar-refractivity contribution in [1.29, 1.82) is 0 Å². The van der Waals surface area contributed by atoms with E-state index in [0.29, 0.717) is 11.0 Å². The number of aromatic nitrogens is 1. The molecule has 18 heavy (non-hydrogen) atoms. The summed E-state index contributed by atoms with van der Waals surface area (Å²) in [6, 6.07) is 6.31. The molecule has 1 aromatic carbocycles. The Morgan fingerprint density at radius 2 is 2.17 bits per heavy atom. The van der Waals surface area contributed by atoms with Crippen LogP contribution in [0.5, 0.6) is 5.75 Å². The third kappa shape index (κ3) is 2.82. The molecule has 0 amide bonds. The van der Waals surface area contributed by atoms with Gasteiger partial charge < -0.3 is 10.5 Å². The van der Waals surface area contributed by atoms with Crippen LogP contribution >= 0.6 is 11.3 Å². The summed E-state index contributed by atoms with van der Waals surface area (Å²) in [5, 5.41) is 2.64. The summed E-state index contributed by atoms with van der Waals surface area (Å²) in [4.78, 5) is 4.29. The molecule has 0 saturated carbocycles. The van der Waals surface area contributed by atoms with Gasteiger partial charge in [0, 0.05) is 11.8 Å². The third-order valence-electron chi connectivity index (χ3n) is 2.87. The topological polar surface area (TPSA) is 48.1 Å². The first kappa shape index (κ1) is 12.9. The quantitative estimate of drug-likeness (QED) is 0.918. The minimum absolute atomic E-state index is 0.445. The Morgan fingerprint density at radius 3 is 2.72 bits per heavy atom. The van der Waals surface area contributed by atoms with Crippen molar-refractivity contribution in [2.75, 3.05) is 12.8 Å². The zero-order valence-electron chi connectivity index (χ0n) is 10.9. The van der Waals surface area contributed by atoms with Gasteiger partial charge in [-0.15, -0.1) is 11.3 Å². The maximum atomic E-state index is 5.64. The number of ether oxygens (including phenoxy) is 1. The summed E-state index contributed by atoms with van der Waals surface area (Å²) in [6.07, 6.45) is 0.817. The predicted molar refractivity (Wildman–Crippen MR) is 76.4 cm³/mol. The Hall–Kier alpha value is -1.55. The molecular formula is C14H18N2OS. The molecule has 0 spiro atoms. The minimum atomic E-state index is 0.445. The summed E-state index contributed by atoms with van der Waals surface area (Å²) in [5.41, 5.74) is 9.14. The zero-order chi connectivity index (χ0) is 13.1. The SMILES string of the molecule is COc1ccc(Cc2csc(N)n2)cc1C(C)C. The molecule has 0 radical (unpaired) electrons. The van der Waals surface area contributed by atoms with Crippen molar-refractivity contribution in [3.63, 3.8) is 0 Å². The minimum Gasteiger partial charge on any atom is -0.496 e. The fourth-order valence-corrected chi connectivity index (χ4v) is 2.52. The van der Waals surface area contributed by atoms with Crippen LogP contribution in [0.15, 0.2) is 23.6 Å². The van der Waals surface area contributed by atoms with Crippen molar-refractivity contribution in [3.8, 4) is 5.75 Å². The molecule has 0 unspecified atom stereocenters. The van der Waals surface area contributed by atoms with Crippen LogP contribution in [0.25, 0.3) is 0 Å². The summed E-state index contributed by atoms with van der Waals surface area (Å²) < 4.78 is 5.38. The fraction of sp³-hybridized carbons (Fsp3) is 0.357. The standard InChI is InChI=1S/C14H18N2OS/c1-9(2)12-7-10(4-5-13(12)17-3)6-11-8-18-14(15)16-11/h4-5,7-9H,6H2,1-3H3,(H2,15,16). The molecule has 2 N–H and O–H groups in total. The lowest BCUT2D eigenvalue weighted by atomic mass is 9.98. The van der Waals surface area contributed by atoms with Crippen molar-refractivity contribution in [1.82, 2.24) is 4.98 Å². The highest BCUT2D eigenvalue weighted by Gasteiger charge is 2.09. The Balaban J connectivity index is 2.26. The van der Waals surface area contributed by atoms with Gasteiger partial charge in [0.1, 0.15) is 5.75 Å². The van der Waals surface area contributed by atoms with Crippen LogP contribution in [0, 0.1) is 0 Å². The predicted octanol–water partition coefficient (Wildman–Crippen LogP) is 3.45. The first-order valence-corrected chi connectivity index (χ1v) is 6.84. The van der Waals surface area contributed by atoms with E-state index in [2.05, 4.69) is 31.0 Å². The van der Waals surface area contributed by atoms with E-state index < -0.39 is 0 Å². The van der Waals surface area contributed by atoms with E-state index in [0.717, 1.165) is 17.9 Å². The summed E-state index contributed by atoms with van der Waals surface area (Å²) >= 11 is 1.48. The van der Waals surface area contributed by atoms with E-state index in [1.54, 1.807) is 7.11 Å². The van der Waals surface area contributed by atoms with E-state index in [4.69, 9.17) is 10.5 Å². The molecule has 0 aliphatic rings. The number of rotatable bonds is 4. The molecular weight excluding hydrogens is 244 g/mol. The van der Waals surface area contributed by atoms with E-state index in [1.807, 2.05) is 11.4 Å². The van der Waals surface area contributed by atoms with Gasteiger partial charge in [0.2, 0.25) is 0 Å². The normalized spacial score (nSPS) is 10.9. The average Bonchev–Trinajstić information content (AvgIpc) is 2.74. The molecule has 0 bridgehead atoms. The van der Waals surface area contributed by atoms with Crippen LogP contribution in [0.1, 0.15) is 36.6 Å². The number of benzene rings is 1. The molecule has 0 aliphatic carbocycles. The summed E-state index contributed by atoms with van der Waals surface area (Å²) in [7, 11) is 1.71. The molecule has 96 valence electrons. The largest absolute Gasteiger partial charge is 0.496 e. The van der Waals surface area contributed by atoms with Gasteiger partial charge in [0.15, 0.2) is 5.13 Å². The number of nitrogens with zero attached hydrogens (tertiary/aromatic N) is 1. The highest BCUT2D eigenvalue weighted by atomic mass is 32.1. The monoisotopic (exact) mass is 262 g/mol. The third-order valence-corrected chi connectivity index (χ3v) is 3.59. The highest BCUT2D eigenvalue weighted by Crippen LogP contribution is 2.28. The highest BCUT2D eigenvalue weighted by molar-refractivity contribution is 7.13. The van der Waals surface area contributed by atoms with Gasteiger partial charge in [0.05, 0.1) is 12.8 Å². The molecule has 0 aliphatic heterocycles. The van der Waals surface area contributed by atoms with Crippen molar-refractivity contribution in [2.45, 2.75) is 26.2 Å². The van der Waals surface area contributed by atoms with Crippen molar-refractivity contribution >= 4 is 16.5 Å². The lowest BCUT2D eigenvalue weighted by molar-refractivity contribution is 0.407. The van der Waals surface area contributed by atoms with Crippen LogP contribution in [0.3, 0.4) is 0 Å². The summed E-state index contributed by atoms with van der Waals surface area (Å²) in [5.74, 6) is 1.40. The Morgan fingerprint density at radius 1 is 1.39 bits per heavy atom. The first-order chi connectivity index (χ1) is 8.60. The van der Waals surface area contributed by atoms with Gasteiger partial charge in [-0.05, 0) is 23.1 Å². The van der Waals surface area contributed by atoms with E-state index in [9.17, 15) is 0 Å². The molecule has 1 aromatic heterocycles. The fourth-order valence-electron chi connectivity index (χ4n) is 1.96. The number of anilines is 1. The maximum Gasteiger partial charge on any atom is 0.180 e. The molecule has 0 fully saturated rings. The number of thiazole rings is 1. The number of methoxy groups -OCH3 is 1. The van der Waals surface area contributed by atoms with E-state index >= 15 is 0 Å². The second-order valence-electron chi connectivity index (χ2n) is 4.58. The van der Waals surface area contributed by atoms with E-state index in [1.165, 1.54) is 22.5 Å². The Bertz CT molecular complexity index is 534. The first-order valence-electron chi connectivity index (χ1n) is 5.97. The second-order valence-corrected chi connectivity index (χ2v) is 5.47. The number of hydrogen-bond donors (Lipinski definition) is 1. The molecule has 3 nitrogen and oxygen atoms in total. The Labute approximate surface area is 112 Å². The molecule has 2 aromatic rings. The van der Waals surface area contributed by atoms with Crippen LogP contribution in [-0.2, 0) is 6.42 Å². The average molecular weight is 262 g/mol. The Kier molecular flexibility index (Phi) is 3.87. The molecule has 1 heterocycles.